The number of hydrogen-bond donors (Lipinski definition) is 1. The van der Waals surface area contributed by atoms with Crippen LogP contribution in [-0.4, -0.2) is 41.6 Å². The van der Waals surface area contributed by atoms with Crippen LogP contribution < -0.4 is 14.8 Å². The fourth-order valence-electron chi connectivity index (χ4n) is 4.82. The molecule has 0 bridgehead atoms. The Morgan fingerprint density at radius 2 is 1.79 bits per heavy atom. The maximum Gasteiger partial charge on any atom is 0.411 e. The number of esters is 1. The number of ether oxygens (including phenoxy) is 4. The standard InChI is InChI=1S/C31H30Cl2N2O7/c1-31(2,3)42-30(38)35-15-19-14-26-24(12-18(19)13-25(35)29(37)39-4)34-28(36)27(41-26)17-5-8-22(9-6-17)40-16-20-11-21(32)7-10-23(20)33/h5-12,14,25,27H,13,15-16H2,1-4H3,(H,34,36)/t25-,27?/m0/s1. The Bertz CT molecular complexity index is 1540. The minimum Gasteiger partial charge on any atom is -0.489 e. The molecule has 0 fully saturated rings. The highest BCUT2D eigenvalue weighted by atomic mass is 35.5. The van der Waals surface area contributed by atoms with E-state index in [1.165, 1.54) is 12.0 Å². The molecule has 1 unspecified atom stereocenters. The second kappa shape index (κ2) is 11.7. The first-order valence-corrected chi connectivity index (χ1v) is 14.0. The second-order valence-corrected chi connectivity index (χ2v) is 11.9. The highest BCUT2D eigenvalue weighted by molar-refractivity contribution is 6.33. The van der Waals surface area contributed by atoms with E-state index in [0.29, 0.717) is 32.8 Å². The molecule has 2 amide bonds. The van der Waals surface area contributed by atoms with Crippen LogP contribution in [0, 0.1) is 0 Å². The van der Waals surface area contributed by atoms with Crippen LogP contribution in [0.2, 0.25) is 10.0 Å². The van der Waals surface area contributed by atoms with Gasteiger partial charge in [-0.2, -0.15) is 0 Å². The maximum absolute atomic E-state index is 13.0. The van der Waals surface area contributed by atoms with Crippen molar-refractivity contribution in [2.24, 2.45) is 0 Å². The number of nitrogens with one attached hydrogen (secondary N) is 1. The van der Waals surface area contributed by atoms with E-state index >= 15 is 0 Å². The molecule has 0 saturated heterocycles. The average molecular weight is 613 g/mol. The highest BCUT2D eigenvalue weighted by Gasteiger charge is 2.39. The number of rotatable bonds is 5. The van der Waals surface area contributed by atoms with Gasteiger partial charge < -0.3 is 24.3 Å². The molecule has 42 heavy (non-hydrogen) atoms. The molecule has 0 spiro atoms. The van der Waals surface area contributed by atoms with Crippen LogP contribution in [0.15, 0.2) is 54.6 Å². The van der Waals surface area contributed by atoms with Crippen molar-refractivity contribution in [1.82, 2.24) is 4.90 Å². The monoisotopic (exact) mass is 612 g/mol. The Labute approximate surface area is 253 Å². The van der Waals surface area contributed by atoms with Gasteiger partial charge in [-0.05, 0) is 74.4 Å². The number of benzene rings is 3. The zero-order valence-corrected chi connectivity index (χ0v) is 25.0. The van der Waals surface area contributed by atoms with Gasteiger partial charge in [-0.15, -0.1) is 0 Å². The molecule has 220 valence electrons. The third kappa shape index (κ3) is 6.42. The topological polar surface area (TPSA) is 103 Å². The maximum atomic E-state index is 13.0. The van der Waals surface area contributed by atoms with Crippen molar-refractivity contribution in [3.05, 3.63) is 86.9 Å². The van der Waals surface area contributed by atoms with Gasteiger partial charge in [0.25, 0.3) is 5.91 Å². The van der Waals surface area contributed by atoms with Crippen molar-refractivity contribution >= 4 is 46.9 Å². The normalized spacial score (nSPS) is 17.8. The number of carbonyl (C=O) groups excluding carboxylic acids is 3. The van der Waals surface area contributed by atoms with Gasteiger partial charge in [0.1, 0.15) is 29.7 Å². The zero-order chi connectivity index (χ0) is 30.2. The lowest BCUT2D eigenvalue weighted by Gasteiger charge is -2.37. The van der Waals surface area contributed by atoms with Crippen molar-refractivity contribution < 1.29 is 33.3 Å². The van der Waals surface area contributed by atoms with Crippen LogP contribution in [-0.2, 0) is 38.6 Å². The van der Waals surface area contributed by atoms with Crippen LogP contribution in [0.3, 0.4) is 0 Å². The Hall–Kier alpha value is -3.95. The van der Waals surface area contributed by atoms with E-state index in [1.54, 1.807) is 75.4 Å². The van der Waals surface area contributed by atoms with Gasteiger partial charge >= 0.3 is 12.1 Å². The van der Waals surface area contributed by atoms with E-state index in [-0.39, 0.29) is 25.5 Å². The molecular weight excluding hydrogens is 583 g/mol. The molecule has 11 heteroatoms. The zero-order valence-electron chi connectivity index (χ0n) is 23.5. The summed E-state index contributed by atoms with van der Waals surface area (Å²) in [4.78, 5) is 40.0. The summed E-state index contributed by atoms with van der Waals surface area (Å²) in [5.74, 6) is 0.156. The van der Waals surface area contributed by atoms with E-state index in [2.05, 4.69) is 5.32 Å². The lowest BCUT2D eigenvalue weighted by atomic mass is 9.92. The van der Waals surface area contributed by atoms with Crippen LogP contribution in [0.1, 0.15) is 49.1 Å². The summed E-state index contributed by atoms with van der Waals surface area (Å²) in [6.45, 7) is 5.63. The average Bonchev–Trinajstić information content (AvgIpc) is 2.94. The van der Waals surface area contributed by atoms with Gasteiger partial charge in [0.15, 0.2) is 0 Å². The number of methoxy groups -OCH3 is 1. The van der Waals surface area contributed by atoms with E-state index in [0.717, 1.165) is 16.7 Å². The lowest BCUT2D eigenvalue weighted by Crippen LogP contribution is -2.50. The third-order valence-corrected chi connectivity index (χ3v) is 7.46. The minimum atomic E-state index is -0.902. The molecule has 1 N–H and O–H groups in total. The molecular formula is C31H30Cl2N2O7. The quantitative estimate of drug-likeness (QED) is 0.329. The summed E-state index contributed by atoms with van der Waals surface area (Å²) in [7, 11) is 1.28. The summed E-state index contributed by atoms with van der Waals surface area (Å²) >= 11 is 12.3. The first-order valence-electron chi connectivity index (χ1n) is 13.3. The highest BCUT2D eigenvalue weighted by Crippen LogP contribution is 2.40. The van der Waals surface area contributed by atoms with E-state index in [9.17, 15) is 14.4 Å². The Kier molecular flexibility index (Phi) is 8.25. The van der Waals surface area contributed by atoms with Gasteiger partial charge in [-0.1, -0.05) is 35.3 Å². The van der Waals surface area contributed by atoms with E-state index in [4.69, 9.17) is 42.1 Å². The van der Waals surface area contributed by atoms with Crippen molar-refractivity contribution in [3.63, 3.8) is 0 Å². The minimum absolute atomic E-state index is 0.113. The molecule has 0 radical (unpaired) electrons. The number of anilines is 1. The van der Waals surface area contributed by atoms with Gasteiger partial charge in [-0.3, -0.25) is 9.69 Å². The predicted octanol–water partition coefficient (Wildman–Crippen LogP) is 6.48. The second-order valence-electron chi connectivity index (χ2n) is 11.0. The molecule has 0 saturated carbocycles. The Balaban J connectivity index is 1.33. The molecule has 5 rings (SSSR count). The number of halogens is 2. The largest absolute Gasteiger partial charge is 0.489 e. The molecule has 2 aliphatic rings. The number of amides is 2. The summed E-state index contributed by atoms with van der Waals surface area (Å²) in [5.41, 5.74) is 2.71. The molecule has 2 heterocycles. The van der Waals surface area contributed by atoms with Gasteiger partial charge in [-0.25, -0.2) is 9.59 Å². The molecule has 9 nitrogen and oxygen atoms in total. The molecule has 2 atom stereocenters. The SMILES string of the molecule is COC(=O)[C@@H]1Cc2cc3c(cc2CN1C(=O)OC(C)(C)C)OC(c1ccc(OCc2cc(Cl)ccc2Cl)cc1)C(=O)N3. The van der Waals surface area contributed by atoms with Crippen LogP contribution in [0.25, 0.3) is 0 Å². The Morgan fingerprint density at radius 1 is 1.05 bits per heavy atom. The number of fused-ring (bicyclic) bond motifs is 2. The fourth-order valence-corrected chi connectivity index (χ4v) is 5.19. The first kappa shape index (κ1) is 29.5. The molecule has 0 aliphatic carbocycles. The van der Waals surface area contributed by atoms with Gasteiger partial charge in [0.2, 0.25) is 6.10 Å². The summed E-state index contributed by atoms with van der Waals surface area (Å²) < 4.78 is 22.5. The van der Waals surface area contributed by atoms with Crippen LogP contribution in [0.5, 0.6) is 11.5 Å². The van der Waals surface area contributed by atoms with Crippen molar-refractivity contribution in [2.75, 3.05) is 12.4 Å². The predicted molar refractivity (Wildman–Crippen MR) is 157 cm³/mol. The summed E-state index contributed by atoms with van der Waals surface area (Å²) in [6, 6.07) is 14.9. The number of hydrogen-bond acceptors (Lipinski definition) is 7. The van der Waals surface area contributed by atoms with Gasteiger partial charge in [0, 0.05) is 27.6 Å². The van der Waals surface area contributed by atoms with Crippen LogP contribution in [0.4, 0.5) is 10.5 Å². The van der Waals surface area contributed by atoms with E-state index < -0.39 is 29.8 Å². The van der Waals surface area contributed by atoms with Crippen LogP contribution >= 0.6 is 23.2 Å². The fraction of sp³-hybridized carbons (Fsp3) is 0.323. The molecule has 0 aromatic heterocycles. The lowest BCUT2D eigenvalue weighted by molar-refractivity contribution is -0.147. The number of nitrogens with zero attached hydrogens (tertiary/aromatic N) is 1. The first-order chi connectivity index (χ1) is 19.9. The Morgan fingerprint density at radius 3 is 2.48 bits per heavy atom. The number of carbonyl (C=O) groups is 3. The summed E-state index contributed by atoms with van der Waals surface area (Å²) in [5, 5.41) is 4.03. The van der Waals surface area contributed by atoms with Gasteiger partial charge in [0.05, 0.1) is 19.3 Å². The van der Waals surface area contributed by atoms with Crippen molar-refractivity contribution in [3.8, 4) is 11.5 Å². The van der Waals surface area contributed by atoms with Crippen molar-refractivity contribution in [2.45, 2.75) is 58.1 Å². The smallest absolute Gasteiger partial charge is 0.411 e. The third-order valence-electron chi connectivity index (χ3n) is 6.86. The molecule has 3 aromatic carbocycles. The van der Waals surface area contributed by atoms with E-state index in [1.807, 2.05) is 0 Å². The van der Waals surface area contributed by atoms with Crippen molar-refractivity contribution in [1.29, 1.82) is 0 Å². The molecule has 2 aliphatic heterocycles. The molecule has 3 aromatic rings. The summed E-state index contributed by atoms with van der Waals surface area (Å²) in [6.07, 6.45) is -1.32.